The van der Waals surface area contributed by atoms with Crippen molar-refractivity contribution in [3.63, 3.8) is 0 Å². The van der Waals surface area contributed by atoms with E-state index in [2.05, 4.69) is 6.92 Å². The smallest absolute Gasteiger partial charge is 0.126 e. The molecule has 14 heavy (non-hydrogen) atoms. The Labute approximate surface area is 85.6 Å². The average Bonchev–Trinajstić information content (AvgIpc) is 2.57. The minimum atomic E-state index is -0.474. The third-order valence-corrected chi connectivity index (χ3v) is 2.96. The van der Waals surface area contributed by atoms with E-state index >= 15 is 0 Å². The fourth-order valence-electron chi connectivity index (χ4n) is 2.09. The van der Waals surface area contributed by atoms with Gasteiger partial charge in [-0.1, -0.05) is 25.5 Å². The number of carbonyl (C=O) groups is 1. The Balaban J connectivity index is 2.93. The highest BCUT2D eigenvalue weighted by Gasteiger charge is 2.39. The molecule has 0 saturated carbocycles. The van der Waals surface area contributed by atoms with Gasteiger partial charge in [-0.25, -0.2) is 0 Å². The van der Waals surface area contributed by atoms with Crippen LogP contribution in [0.15, 0.2) is 23.8 Å². The molecule has 0 N–H and O–H groups in total. The molecule has 0 aliphatic heterocycles. The van der Waals surface area contributed by atoms with Crippen molar-refractivity contribution in [1.29, 1.82) is 0 Å². The van der Waals surface area contributed by atoms with E-state index in [0.717, 1.165) is 24.7 Å². The maximum absolute atomic E-state index is 11.1. The summed E-state index contributed by atoms with van der Waals surface area (Å²) in [5.41, 5.74) is 0.642. The monoisotopic (exact) mass is 194 g/mol. The molecule has 2 unspecified atom stereocenters. The predicted octanol–water partition coefficient (Wildman–Crippen LogP) is 2.50. The second-order valence-electron chi connectivity index (χ2n) is 3.74. The van der Waals surface area contributed by atoms with E-state index in [1.54, 1.807) is 7.11 Å². The van der Waals surface area contributed by atoms with E-state index in [0.29, 0.717) is 0 Å². The highest BCUT2D eigenvalue weighted by Crippen LogP contribution is 2.36. The summed E-state index contributed by atoms with van der Waals surface area (Å²) in [7, 11) is 1.67. The second-order valence-corrected chi connectivity index (χ2v) is 3.74. The highest BCUT2D eigenvalue weighted by molar-refractivity contribution is 5.60. The molecule has 1 aliphatic carbocycles. The summed E-state index contributed by atoms with van der Waals surface area (Å²) >= 11 is 0. The Morgan fingerprint density at radius 2 is 2.36 bits per heavy atom. The first-order chi connectivity index (χ1) is 6.71. The maximum Gasteiger partial charge on any atom is 0.126 e. The van der Waals surface area contributed by atoms with Crippen LogP contribution in [0.3, 0.4) is 0 Å². The molecule has 1 rings (SSSR count). The SMILES string of the molecule is CCCC(C=O)C1(OC)C=CC=C1C. The maximum atomic E-state index is 11.1. The van der Waals surface area contributed by atoms with Crippen LogP contribution >= 0.6 is 0 Å². The molecular formula is C12H18O2. The molecular weight excluding hydrogens is 176 g/mol. The number of hydrogen-bond acceptors (Lipinski definition) is 2. The van der Waals surface area contributed by atoms with Crippen LogP contribution in [0.4, 0.5) is 0 Å². The van der Waals surface area contributed by atoms with Gasteiger partial charge >= 0.3 is 0 Å². The summed E-state index contributed by atoms with van der Waals surface area (Å²) in [5, 5.41) is 0. The Kier molecular flexibility index (Phi) is 3.64. The van der Waals surface area contributed by atoms with Gasteiger partial charge in [-0.15, -0.1) is 0 Å². The van der Waals surface area contributed by atoms with E-state index < -0.39 is 5.60 Å². The Hall–Kier alpha value is -0.890. The lowest BCUT2D eigenvalue weighted by molar-refractivity contribution is -0.117. The molecule has 0 aromatic rings. The van der Waals surface area contributed by atoms with Crippen LogP contribution in [-0.4, -0.2) is 19.0 Å². The molecule has 2 atom stereocenters. The Morgan fingerprint density at radius 1 is 1.64 bits per heavy atom. The van der Waals surface area contributed by atoms with Crippen LogP contribution in [0, 0.1) is 5.92 Å². The highest BCUT2D eigenvalue weighted by atomic mass is 16.5. The zero-order valence-electron chi connectivity index (χ0n) is 9.12. The van der Waals surface area contributed by atoms with E-state index in [9.17, 15) is 4.79 Å². The average molecular weight is 194 g/mol. The van der Waals surface area contributed by atoms with Gasteiger partial charge in [0.05, 0.1) is 5.92 Å². The van der Waals surface area contributed by atoms with E-state index in [-0.39, 0.29) is 5.92 Å². The van der Waals surface area contributed by atoms with E-state index in [1.807, 2.05) is 25.2 Å². The Morgan fingerprint density at radius 3 is 2.71 bits per heavy atom. The van der Waals surface area contributed by atoms with Crippen molar-refractivity contribution in [3.05, 3.63) is 23.8 Å². The molecule has 0 radical (unpaired) electrons. The first-order valence-electron chi connectivity index (χ1n) is 5.08. The van der Waals surface area contributed by atoms with Crippen LogP contribution in [0.2, 0.25) is 0 Å². The molecule has 1 aliphatic rings. The van der Waals surface area contributed by atoms with Crippen LogP contribution in [0.25, 0.3) is 0 Å². The molecule has 0 bridgehead atoms. The fourth-order valence-corrected chi connectivity index (χ4v) is 2.09. The zero-order chi connectivity index (χ0) is 10.6. The molecule has 2 nitrogen and oxygen atoms in total. The molecule has 0 aromatic heterocycles. The summed E-state index contributed by atoms with van der Waals surface area (Å²) in [5.74, 6) is -0.0625. The third kappa shape index (κ3) is 1.67. The molecule has 0 fully saturated rings. The summed E-state index contributed by atoms with van der Waals surface area (Å²) < 4.78 is 5.53. The van der Waals surface area contributed by atoms with Gasteiger partial charge in [0.1, 0.15) is 11.9 Å². The van der Waals surface area contributed by atoms with Crippen molar-refractivity contribution in [3.8, 4) is 0 Å². The quantitative estimate of drug-likeness (QED) is 0.628. The van der Waals surface area contributed by atoms with Gasteiger partial charge in [0.15, 0.2) is 0 Å². The number of aldehydes is 1. The number of allylic oxidation sites excluding steroid dienone is 2. The van der Waals surface area contributed by atoms with Crippen LogP contribution < -0.4 is 0 Å². The molecule has 0 amide bonds. The van der Waals surface area contributed by atoms with Gasteiger partial charge in [0, 0.05) is 7.11 Å². The molecule has 78 valence electrons. The van der Waals surface area contributed by atoms with Gasteiger partial charge in [-0.2, -0.15) is 0 Å². The van der Waals surface area contributed by atoms with Gasteiger partial charge in [0.2, 0.25) is 0 Å². The lowest BCUT2D eigenvalue weighted by Gasteiger charge is -2.33. The number of carbonyl (C=O) groups excluding carboxylic acids is 1. The molecule has 0 heterocycles. The lowest BCUT2D eigenvalue weighted by Crippen LogP contribution is -2.39. The van der Waals surface area contributed by atoms with Crippen molar-refractivity contribution in [2.75, 3.05) is 7.11 Å². The number of hydrogen-bond donors (Lipinski definition) is 0. The number of rotatable bonds is 5. The normalized spacial score (nSPS) is 27.5. The first kappa shape index (κ1) is 11.2. The van der Waals surface area contributed by atoms with Crippen molar-refractivity contribution in [2.45, 2.75) is 32.3 Å². The summed E-state index contributed by atoms with van der Waals surface area (Å²) in [6.07, 6.45) is 8.83. The minimum absolute atomic E-state index is 0.0625. The van der Waals surface area contributed by atoms with Crippen LogP contribution in [0.5, 0.6) is 0 Å². The predicted molar refractivity (Wildman–Crippen MR) is 57.1 cm³/mol. The topological polar surface area (TPSA) is 26.3 Å². The summed E-state index contributed by atoms with van der Waals surface area (Å²) in [6, 6.07) is 0. The van der Waals surface area contributed by atoms with Crippen molar-refractivity contribution >= 4 is 6.29 Å². The minimum Gasteiger partial charge on any atom is -0.369 e. The Bertz CT molecular complexity index is 265. The largest absolute Gasteiger partial charge is 0.369 e. The molecule has 0 saturated heterocycles. The summed E-state index contributed by atoms with van der Waals surface area (Å²) in [6.45, 7) is 4.09. The van der Waals surface area contributed by atoms with Crippen LogP contribution in [0.1, 0.15) is 26.7 Å². The number of methoxy groups -OCH3 is 1. The summed E-state index contributed by atoms with van der Waals surface area (Å²) in [4.78, 5) is 11.1. The van der Waals surface area contributed by atoms with Crippen LogP contribution in [-0.2, 0) is 9.53 Å². The van der Waals surface area contributed by atoms with Crippen molar-refractivity contribution in [2.24, 2.45) is 5.92 Å². The standard InChI is InChI=1S/C12H18O2/c1-4-6-11(9-13)12(14-3)8-5-7-10(12)2/h5,7-9,11H,4,6H2,1-3H3. The first-order valence-corrected chi connectivity index (χ1v) is 5.08. The molecule has 0 aromatic carbocycles. The van der Waals surface area contributed by atoms with Gasteiger partial charge in [0.25, 0.3) is 0 Å². The van der Waals surface area contributed by atoms with Gasteiger partial charge in [-0.05, 0) is 25.0 Å². The lowest BCUT2D eigenvalue weighted by atomic mass is 9.81. The second kappa shape index (κ2) is 4.56. The van der Waals surface area contributed by atoms with E-state index in [1.165, 1.54) is 0 Å². The zero-order valence-corrected chi connectivity index (χ0v) is 9.12. The van der Waals surface area contributed by atoms with Crippen molar-refractivity contribution < 1.29 is 9.53 Å². The van der Waals surface area contributed by atoms with Crippen molar-refractivity contribution in [1.82, 2.24) is 0 Å². The van der Waals surface area contributed by atoms with E-state index in [4.69, 9.17) is 4.74 Å². The molecule has 0 spiro atoms. The van der Waals surface area contributed by atoms with Gasteiger partial charge < -0.3 is 9.53 Å². The number of ether oxygens (including phenoxy) is 1. The fraction of sp³-hybridized carbons (Fsp3) is 0.583. The molecule has 2 heteroatoms. The third-order valence-electron chi connectivity index (χ3n) is 2.96. The van der Waals surface area contributed by atoms with Gasteiger partial charge in [-0.3, -0.25) is 0 Å².